The van der Waals surface area contributed by atoms with E-state index in [9.17, 15) is 14.9 Å². The van der Waals surface area contributed by atoms with Gasteiger partial charge in [0.2, 0.25) is 0 Å². The summed E-state index contributed by atoms with van der Waals surface area (Å²) >= 11 is 0. The van der Waals surface area contributed by atoms with Gasteiger partial charge < -0.3 is 15.4 Å². The van der Waals surface area contributed by atoms with Gasteiger partial charge in [-0.3, -0.25) is 10.1 Å². The molecule has 126 valence electrons. The number of hydrogen-bond donors (Lipinski definition) is 2. The van der Waals surface area contributed by atoms with Crippen molar-refractivity contribution in [1.29, 1.82) is 0 Å². The van der Waals surface area contributed by atoms with Crippen molar-refractivity contribution >= 4 is 23.4 Å². The number of hydrogen-bond acceptors (Lipinski definition) is 6. The lowest BCUT2D eigenvalue weighted by Gasteiger charge is -2.13. The van der Waals surface area contributed by atoms with Crippen molar-refractivity contribution in [3.8, 4) is 0 Å². The zero-order valence-corrected chi connectivity index (χ0v) is 13.7. The lowest BCUT2D eigenvalue weighted by Crippen LogP contribution is -2.22. The van der Waals surface area contributed by atoms with Gasteiger partial charge in [0.05, 0.1) is 12.0 Å². The van der Waals surface area contributed by atoms with E-state index >= 15 is 0 Å². The van der Waals surface area contributed by atoms with Crippen LogP contribution in [0.3, 0.4) is 0 Å². The SMILES string of the molecule is CC.COC(=O)/C=C/c1ccc(NC2CCNC2)c([N+](=O)[O-])c1. The third kappa shape index (κ3) is 5.71. The summed E-state index contributed by atoms with van der Waals surface area (Å²) in [4.78, 5) is 21.8. The topological polar surface area (TPSA) is 93.5 Å². The number of ether oxygens (including phenoxy) is 1. The molecule has 2 N–H and O–H groups in total. The Kier molecular flexibility index (Phi) is 7.76. The van der Waals surface area contributed by atoms with Crippen LogP contribution in [0.5, 0.6) is 0 Å². The molecule has 1 aromatic rings. The van der Waals surface area contributed by atoms with Crippen molar-refractivity contribution in [1.82, 2.24) is 5.32 Å². The maximum absolute atomic E-state index is 11.2. The average Bonchev–Trinajstić information content (AvgIpc) is 3.08. The van der Waals surface area contributed by atoms with Crippen molar-refractivity contribution in [3.05, 3.63) is 40.0 Å². The first-order valence-corrected chi connectivity index (χ1v) is 7.62. The van der Waals surface area contributed by atoms with Crippen LogP contribution in [-0.4, -0.2) is 37.1 Å². The molecule has 1 aliphatic heterocycles. The molecular weight excluding hydrogens is 298 g/mol. The number of anilines is 1. The Morgan fingerprint density at radius 1 is 1.48 bits per heavy atom. The fourth-order valence-electron chi connectivity index (χ4n) is 2.16. The monoisotopic (exact) mass is 321 g/mol. The second-order valence-electron chi connectivity index (χ2n) is 4.72. The van der Waals surface area contributed by atoms with Gasteiger partial charge in [-0.2, -0.15) is 0 Å². The normalized spacial score (nSPS) is 16.6. The highest BCUT2D eigenvalue weighted by atomic mass is 16.6. The summed E-state index contributed by atoms with van der Waals surface area (Å²) < 4.78 is 4.48. The zero-order chi connectivity index (χ0) is 17.2. The minimum Gasteiger partial charge on any atom is -0.466 e. The van der Waals surface area contributed by atoms with E-state index in [1.54, 1.807) is 12.1 Å². The number of esters is 1. The van der Waals surface area contributed by atoms with Crippen molar-refractivity contribution in [2.24, 2.45) is 0 Å². The van der Waals surface area contributed by atoms with Crippen molar-refractivity contribution in [2.45, 2.75) is 26.3 Å². The molecule has 7 nitrogen and oxygen atoms in total. The standard InChI is InChI=1S/C14H17N3O4.C2H6/c1-21-14(18)5-3-10-2-4-12(13(8-10)17(19)20)16-11-6-7-15-9-11;1-2/h2-5,8,11,15-16H,6-7,9H2,1H3;1-2H3/b5-3+;. The van der Waals surface area contributed by atoms with Gasteiger partial charge in [0.15, 0.2) is 0 Å². The van der Waals surface area contributed by atoms with Crippen LogP contribution in [-0.2, 0) is 9.53 Å². The Labute approximate surface area is 135 Å². The number of methoxy groups -OCH3 is 1. The summed E-state index contributed by atoms with van der Waals surface area (Å²) in [6.07, 6.45) is 3.65. The molecule has 0 radical (unpaired) electrons. The first-order chi connectivity index (χ1) is 11.1. The molecule has 1 aromatic carbocycles. The molecule has 1 fully saturated rings. The second kappa shape index (κ2) is 9.58. The predicted molar refractivity (Wildman–Crippen MR) is 90.4 cm³/mol. The highest BCUT2D eigenvalue weighted by Crippen LogP contribution is 2.27. The summed E-state index contributed by atoms with van der Waals surface area (Å²) in [6, 6.07) is 5.01. The molecule has 23 heavy (non-hydrogen) atoms. The van der Waals surface area contributed by atoms with E-state index in [2.05, 4.69) is 15.4 Å². The van der Waals surface area contributed by atoms with E-state index in [0.29, 0.717) is 11.3 Å². The maximum atomic E-state index is 11.2. The highest BCUT2D eigenvalue weighted by molar-refractivity contribution is 5.87. The number of benzene rings is 1. The Hall–Kier alpha value is -2.41. The average molecular weight is 321 g/mol. The summed E-state index contributed by atoms with van der Waals surface area (Å²) in [7, 11) is 1.28. The quantitative estimate of drug-likeness (QED) is 0.375. The molecular formula is C16H23N3O4. The second-order valence-corrected chi connectivity index (χ2v) is 4.72. The van der Waals surface area contributed by atoms with Gasteiger partial charge in [0.1, 0.15) is 5.69 Å². The number of nitro groups is 1. The predicted octanol–water partition coefficient (Wildman–Crippen LogP) is 2.58. The minimum atomic E-state index is -0.503. The number of carbonyl (C=O) groups excluding carboxylic acids is 1. The summed E-state index contributed by atoms with van der Waals surface area (Å²) in [5.41, 5.74) is 1.06. The van der Waals surface area contributed by atoms with E-state index in [-0.39, 0.29) is 11.7 Å². The third-order valence-corrected chi connectivity index (χ3v) is 3.25. The summed E-state index contributed by atoms with van der Waals surface area (Å²) in [5.74, 6) is -0.503. The van der Waals surface area contributed by atoms with E-state index in [1.807, 2.05) is 13.8 Å². The fraction of sp³-hybridized carbons (Fsp3) is 0.438. The zero-order valence-electron chi connectivity index (χ0n) is 13.7. The number of rotatable bonds is 5. The summed E-state index contributed by atoms with van der Waals surface area (Å²) in [5, 5.41) is 17.5. The largest absolute Gasteiger partial charge is 0.466 e. The molecule has 0 aromatic heterocycles. The molecule has 0 amide bonds. The van der Waals surface area contributed by atoms with Crippen molar-refractivity contribution < 1.29 is 14.5 Å². The van der Waals surface area contributed by atoms with Gasteiger partial charge in [-0.15, -0.1) is 0 Å². The van der Waals surface area contributed by atoms with Crippen LogP contribution < -0.4 is 10.6 Å². The maximum Gasteiger partial charge on any atom is 0.330 e. The Balaban J connectivity index is 0.00000127. The van der Waals surface area contributed by atoms with Gasteiger partial charge in [-0.1, -0.05) is 19.9 Å². The minimum absolute atomic E-state index is 0.00563. The van der Waals surface area contributed by atoms with Crippen LogP contribution in [0.1, 0.15) is 25.8 Å². The number of nitro benzene ring substituents is 1. The van der Waals surface area contributed by atoms with Gasteiger partial charge in [-0.05, 0) is 30.7 Å². The molecule has 2 rings (SSSR count). The fourth-order valence-corrected chi connectivity index (χ4v) is 2.16. The molecule has 7 heteroatoms. The third-order valence-electron chi connectivity index (χ3n) is 3.25. The smallest absolute Gasteiger partial charge is 0.330 e. The van der Waals surface area contributed by atoms with Crippen LogP contribution >= 0.6 is 0 Å². The number of nitrogens with zero attached hydrogens (tertiary/aromatic N) is 1. The molecule has 0 aliphatic carbocycles. The highest BCUT2D eigenvalue weighted by Gasteiger charge is 2.19. The van der Waals surface area contributed by atoms with Crippen LogP contribution in [0.2, 0.25) is 0 Å². The van der Waals surface area contributed by atoms with Crippen molar-refractivity contribution in [3.63, 3.8) is 0 Å². The van der Waals surface area contributed by atoms with Gasteiger partial charge in [0, 0.05) is 24.7 Å². The molecule has 1 unspecified atom stereocenters. The Morgan fingerprint density at radius 2 is 2.22 bits per heavy atom. The Bertz CT molecular complexity index is 566. The molecule has 1 aliphatic rings. The van der Waals surface area contributed by atoms with E-state index < -0.39 is 10.9 Å². The number of nitrogens with one attached hydrogen (secondary N) is 2. The van der Waals surface area contributed by atoms with E-state index in [4.69, 9.17) is 0 Å². The molecule has 0 spiro atoms. The number of carbonyl (C=O) groups is 1. The molecule has 0 bridgehead atoms. The summed E-state index contributed by atoms with van der Waals surface area (Å²) in [6.45, 7) is 5.70. The van der Waals surface area contributed by atoms with Crippen LogP contribution in [0, 0.1) is 10.1 Å². The van der Waals surface area contributed by atoms with Crippen molar-refractivity contribution in [2.75, 3.05) is 25.5 Å². The van der Waals surface area contributed by atoms with Gasteiger partial charge in [0.25, 0.3) is 5.69 Å². The first kappa shape index (κ1) is 18.6. The van der Waals surface area contributed by atoms with E-state index in [0.717, 1.165) is 19.5 Å². The first-order valence-electron chi connectivity index (χ1n) is 7.62. The molecule has 1 saturated heterocycles. The van der Waals surface area contributed by atoms with Crippen LogP contribution in [0.4, 0.5) is 11.4 Å². The molecule has 1 heterocycles. The van der Waals surface area contributed by atoms with Crippen LogP contribution in [0.15, 0.2) is 24.3 Å². The van der Waals surface area contributed by atoms with Gasteiger partial charge in [-0.25, -0.2) is 4.79 Å². The Morgan fingerprint density at radius 3 is 2.78 bits per heavy atom. The van der Waals surface area contributed by atoms with Crippen LogP contribution in [0.25, 0.3) is 6.08 Å². The van der Waals surface area contributed by atoms with Gasteiger partial charge >= 0.3 is 5.97 Å². The molecule has 0 saturated carbocycles. The lowest BCUT2D eigenvalue weighted by atomic mass is 10.1. The molecule has 1 atom stereocenters. The van der Waals surface area contributed by atoms with E-state index in [1.165, 1.54) is 25.3 Å². The lowest BCUT2D eigenvalue weighted by molar-refractivity contribution is -0.384.